The monoisotopic (exact) mass is 214 g/mol. The Hall–Kier alpha value is -1.83. The zero-order chi connectivity index (χ0) is 11.5. The van der Waals surface area contributed by atoms with Crippen molar-refractivity contribution in [3.8, 4) is 0 Å². The van der Waals surface area contributed by atoms with Gasteiger partial charge >= 0.3 is 0 Å². The van der Waals surface area contributed by atoms with Gasteiger partial charge in [-0.05, 0) is 17.5 Å². The van der Waals surface area contributed by atoms with Crippen LogP contribution in [0.25, 0.3) is 11.6 Å². The second-order valence-corrected chi connectivity index (χ2v) is 3.92. The van der Waals surface area contributed by atoms with Crippen LogP contribution in [-0.4, -0.2) is 10.9 Å². The molecule has 2 heteroatoms. The molecule has 1 aliphatic rings. The van der Waals surface area contributed by atoms with E-state index in [-0.39, 0.29) is 11.5 Å². The van der Waals surface area contributed by atoms with Gasteiger partial charge in [0, 0.05) is 12.8 Å². The van der Waals surface area contributed by atoms with Crippen LogP contribution in [0.15, 0.2) is 36.6 Å². The van der Waals surface area contributed by atoms with Crippen LogP contribution in [0.3, 0.4) is 0 Å². The quantitative estimate of drug-likeness (QED) is 0.819. The van der Waals surface area contributed by atoms with E-state index >= 15 is 0 Å². The lowest BCUT2D eigenvalue weighted by molar-refractivity contribution is -0.114. The normalized spacial score (nSPS) is 16.4. The van der Waals surface area contributed by atoms with Gasteiger partial charge in [-0.1, -0.05) is 36.9 Å². The summed E-state index contributed by atoms with van der Waals surface area (Å²) in [6.07, 6.45) is 3.63. The van der Waals surface area contributed by atoms with Crippen molar-refractivity contribution in [2.24, 2.45) is 0 Å². The Bertz CT molecular complexity index is 452. The summed E-state index contributed by atoms with van der Waals surface area (Å²) in [5.41, 5.74) is 2.29. The molecule has 2 nitrogen and oxygen atoms in total. The van der Waals surface area contributed by atoms with E-state index in [0.717, 1.165) is 17.5 Å². The van der Waals surface area contributed by atoms with Crippen molar-refractivity contribution >= 4 is 17.4 Å². The van der Waals surface area contributed by atoms with Crippen LogP contribution in [0.2, 0.25) is 0 Å². The second-order valence-electron chi connectivity index (χ2n) is 3.92. The lowest BCUT2D eigenvalue weighted by Crippen LogP contribution is -2.10. The summed E-state index contributed by atoms with van der Waals surface area (Å²) in [5, 5.41) is 9.76. The number of rotatable bonds is 2. The molecule has 0 fully saturated rings. The predicted molar refractivity (Wildman–Crippen MR) is 64.9 cm³/mol. The Morgan fingerprint density at radius 2 is 1.88 bits per heavy atom. The molecule has 1 aromatic carbocycles. The second kappa shape index (κ2) is 4.35. The van der Waals surface area contributed by atoms with Crippen LogP contribution < -0.4 is 0 Å². The summed E-state index contributed by atoms with van der Waals surface area (Å²) in [5.74, 6) is 0.262. The van der Waals surface area contributed by atoms with Crippen molar-refractivity contribution in [2.75, 3.05) is 0 Å². The third kappa shape index (κ3) is 1.91. The van der Waals surface area contributed by atoms with Crippen molar-refractivity contribution in [2.45, 2.75) is 19.3 Å². The zero-order valence-corrected chi connectivity index (χ0v) is 9.07. The zero-order valence-electron chi connectivity index (χ0n) is 9.07. The molecule has 0 atom stereocenters. The van der Waals surface area contributed by atoms with Crippen LogP contribution >= 0.6 is 0 Å². The van der Waals surface area contributed by atoms with Crippen molar-refractivity contribution in [3.63, 3.8) is 0 Å². The highest BCUT2D eigenvalue weighted by Crippen LogP contribution is 2.28. The first-order valence-electron chi connectivity index (χ1n) is 5.40. The van der Waals surface area contributed by atoms with E-state index in [0.29, 0.717) is 18.4 Å². The first-order valence-corrected chi connectivity index (χ1v) is 5.40. The number of aliphatic hydroxyl groups is 1. The van der Waals surface area contributed by atoms with E-state index in [1.807, 2.05) is 24.3 Å². The van der Waals surface area contributed by atoms with E-state index in [4.69, 9.17) is 0 Å². The van der Waals surface area contributed by atoms with Gasteiger partial charge in [-0.25, -0.2) is 0 Å². The smallest absolute Gasteiger partial charge is 0.166 e. The Morgan fingerprint density at radius 1 is 1.19 bits per heavy atom. The molecule has 0 aliphatic heterocycles. The fourth-order valence-corrected chi connectivity index (χ4v) is 1.94. The van der Waals surface area contributed by atoms with E-state index in [9.17, 15) is 9.90 Å². The minimum absolute atomic E-state index is 0.0371. The highest BCUT2D eigenvalue weighted by molar-refractivity contribution is 6.21. The number of carbonyl (C=O) groups excluding carboxylic acids is 1. The van der Waals surface area contributed by atoms with Gasteiger partial charge in [0.2, 0.25) is 0 Å². The molecule has 0 saturated carbocycles. The number of allylic oxidation sites excluding steroid dienone is 2. The Labute approximate surface area is 94.9 Å². The van der Waals surface area contributed by atoms with Crippen molar-refractivity contribution in [3.05, 3.63) is 47.7 Å². The number of Topliss-reactive ketones (excluding diaryl/α,β-unsaturated/α-hetero) is 1. The molecule has 82 valence electrons. The van der Waals surface area contributed by atoms with Crippen LogP contribution in [0.5, 0.6) is 0 Å². The number of hydrogen-bond donors (Lipinski definition) is 1. The van der Waals surface area contributed by atoms with Crippen molar-refractivity contribution in [1.29, 1.82) is 0 Å². The van der Waals surface area contributed by atoms with Gasteiger partial charge in [-0.15, -0.1) is 0 Å². The van der Waals surface area contributed by atoms with Crippen LogP contribution in [0, 0.1) is 0 Å². The van der Waals surface area contributed by atoms with Gasteiger partial charge in [0.1, 0.15) is 5.76 Å². The first kappa shape index (κ1) is 10.7. The van der Waals surface area contributed by atoms with E-state index < -0.39 is 0 Å². The fourth-order valence-electron chi connectivity index (χ4n) is 1.94. The average Bonchev–Trinajstić information content (AvgIpc) is 2.30. The molecule has 0 radical (unpaired) electrons. The molecule has 1 aromatic rings. The molecule has 0 bridgehead atoms. The molecule has 0 spiro atoms. The van der Waals surface area contributed by atoms with Crippen LogP contribution in [0.4, 0.5) is 0 Å². The van der Waals surface area contributed by atoms with Crippen molar-refractivity contribution in [1.82, 2.24) is 0 Å². The van der Waals surface area contributed by atoms with E-state index in [2.05, 4.69) is 6.58 Å². The molecular formula is C14H14O2. The number of benzene rings is 1. The molecule has 16 heavy (non-hydrogen) atoms. The summed E-state index contributed by atoms with van der Waals surface area (Å²) in [7, 11) is 0. The minimum Gasteiger partial charge on any atom is -0.512 e. The topological polar surface area (TPSA) is 37.3 Å². The Kier molecular flexibility index (Phi) is 2.91. The maximum absolute atomic E-state index is 11.7. The number of carbonyl (C=O) groups is 1. The van der Waals surface area contributed by atoms with E-state index in [1.165, 1.54) is 0 Å². The first-order chi connectivity index (χ1) is 7.72. The van der Waals surface area contributed by atoms with Crippen LogP contribution in [-0.2, 0) is 4.79 Å². The van der Waals surface area contributed by atoms with Crippen molar-refractivity contribution < 1.29 is 9.90 Å². The SMILES string of the molecule is C=Cc1ccc(C2=C(O)CCCC2=O)cc1. The third-order valence-corrected chi connectivity index (χ3v) is 2.82. The van der Waals surface area contributed by atoms with Gasteiger partial charge in [0.05, 0.1) is 5.57 Å². The summed E-state index contributed by atoms with van der Waals surface area (Å²) in [4.78, 5) is 11.7. The number of hydrogen-bond acceptors (Lipinski definition) is 2. The van der Waals surface area contributed by atoms with Crippen LogP contribution in [0.1, 0.15) is 30.4 Å². The average molecular weight is 214 g/mol. The molecule has 0 unspecified atom stereocenters. The summed E-state index contributed by atoms with van der Waals surface area (Å²) < 4.78 is 0. The summed E-state index contributed by atoms with van der Waals surface area (Å²) in [6, 6.07) is 7.49. The summed E-state index contributed by atoms with van der Waals surface area (Å²) >= 11 is 0. The molecular weight excluding hydrogens is 200 g/mol. The highest BCUT2D eigenvalue weighted by Gasteiger charge is 2.21. The predicted octanol–water partition coefficient (Wildman–Crippen LogP) is 3.35. The third-order valence-electron chi connectivity index (χ3n) is 2.82. The molecule has 0 aromatic heterocycles. The molecule has 1 aliphatic carbocycles. The van der Waals surface area contributed by atoms with Gasteiger partial charge < -0.3 is 5.11 Å². The highest BCUT2D eigenvalue weighted by atomic mass is 16.3. The largest absolute Gasteiger partial charge is 0.512 e. The molecule has 1 N–H and O–H groups in total. The maximum Gasteiger partial charge on any atom is 0.166 e. The minimum atomic E-state index is 0.0371. The van der Waals surface area contributed by atoms with Gasteiger partial charge in [-0.2, -0.15) is 0 Å². The molecule has 0 amide bonds. The number of aliphatic hydroxyl groups excluding tert-OH is 1. The van der Waals surface area contributed by atoms with E-state index in [1.54, 1.807) is 6.08 Å². The maximum atomic E-state index is 11.7. The fraction of sp³-hybridized carbons (Fsp3) is 0.214. The lowest BCUT2D eigenvalue weighted by atomic mass is 9.90. The lowest BCUT2D eigenvalue weighted by Gasteiger charge is -2.15. The molecule has 0 heterocycles. The van der Waals surface area contributed by atoms with Gasteiger partial charge in [0.25, 0.3) is 0 Å². The van der Waals surface area contributed by atoms with Gasteiger partial charge in [0.15, 0.2) is 5.78 Å². The Balaban J connectivity index is 2.42. The molecule has 0 saturated heterocycles. The molecule has 2 rings (SSSR count). The Morgan fingerprint density at radius 3 is 2.44 bits per heavy atom. The van der Waals surface area contributed by atoms with Gasteiger partial charge in [-0.3, -0.25) is 4.79 Å². The summed E-state index contributed by atoms with van der Waals surface area (Å²) in [6.45, 7) is 3.67. The number of ketones is 1. The standard InChI is InChI=1S/C14H14O2/c1-2-10-6-8-11(9-7-10)14-12(15)4-3-5-13(14)16/h2,6-9,15H,1,3-5H2.